The molecule has 0 aliphatic carbocycles. The highest BCUT2D eigenvalue weighted by molar-refractivity contribution is 7.92. The quantitative estimate of drug-likeness (QED) is 0.451. The van der Waals surface area contributed by atoms with Gasteiger partial charge in [0.2, 0.25) is 21.8 Å². The van der Waals surface area contributed by atoms with Crippen molar-refractivity contribution in [2.75, 3.05) is 36.9 Å². The average Bonchev–Trinajstić information content (AvgIpc) is 2.86. The number of ether oxygens (including phenoxy) is 2. The van der Waals surface area contributed by atoms with Crippen molar-refractivity contribution in [3.63, 3.8) is 0 Å². The van der Waals surface area contributed by atoms with Gasteiger partial charge in [-0.15, -0.1) is 0 Å². The molecule has 0 bridgehead atoms. The molecule has 202 valence electrons. The zero-order chi connectivity index (χ0) is 27.0. The Kier molecular flexibility index (Phi) is 9.79. The van der Waals surface area contributed by atoms with E-state index >= 15 is 0 Å². The Hall–Kier alpha value is -3.27. The summed E-state index contributed by atoms with van der Waals surface area (Å²) in [5.41, 5.74) is 2.45. The van der Waals surface area contributed by atoms with Gasteiger partial charge in [0.15, 0.2) is 11.5 Å². The Morgan fingerprint density at radius 3 is 2.41 bits per heavy atom. The van der Waals surface area contributed by atoms with Gasteiger partial charge in [-0.2, -0.15) is 0 Å². The number of amides is 2. The van der Waals surface area contributed by atoms with E-state index < -0.39 is 16.1 Å². The molecule has 9 nitrogen and oxygen atoms in total. The predicted molar refractivity (Wildman–Crippen MR) is 143 cm³/mol. The summed E-state index contributed by atoms with van der Waals surface area (Å²) in [5.74, 6) is 0.671. The first kappa shape index (κ1) is 28.3. The molecule has 0 saturated carbocycles. The standard InChI is InChI=1S/C27H37N3O6S/c1-5-23(27(32)28-6-2)29(19-21-11-8-7-10-20(21)3)26(31)12-9-15-30(37(4,33)34)22-13-14-24-25(18-22)36-17-16-35-24/h7-8,10-11,13-14,18,23H,5-6,9,12,15-17,19H2,1-4H3,(H,28,32)/t23-/m0/s1. The van der Waals surface area contributed by atoms with Crippen molar-refractivity contribution < 1.29 is 27.5 Å². The third kappa shape index (κ3) is 7.38. The number of fused-ring (bicyclic) bond motifs is 1. The molecule has 0 saturated heterocycles. The van der Waals surface area contributed by atoms with Crippen LogP contribution >= 0.6 is 0 Å². The number of carbonyl (C=O) groups excluding carboxylic acids is 2. The van der Waals surface area contributed by atoms with Crippen molar-refractivity contribution in [1.82, 2.24) is 10.2 Å². The molecule has 1 aliphatic rings. The lowest BCUT2D eigenvalue weighted by Gasteiger charge is -2.31. The van der Waals surface area contributed by atoms with Crippen molar-refractivity contribution in [3.8, 4) is 11.5 Å². The maximum Gasteiger partial charge on any atom is 0.242 e. The molecule has 1 aliphatic heterocycles. The Bertz CT molecular complexity index is 1200. The molecule has 2 amide bonds. The summed E-state index contributed by atoms with van der Waals surface area (Å²) in [6.45, 7) is 7.42. The lowest BCUT2D eigenvalue weighted by molar-refractivity contribution is -0.141. The van der Waals surface area contributed by atoms with Crippen LogP contribution in [0.5, 0.6) is 11.5 Å². The Labute approximate surface area is 219 Å². The zero-order valence-electron chi connectivity index (χ0n) is 22.0. The molecule has 2 aromatic rings. The maximum atomic E-state index is 13.5. The number of nitrogens with zero attached hydrogens (tertiary/aromatic N) is 2. The molecular weight excluding hydrogens is 494 g/mol. The van der Waals surface area contributed by atoms with E-state index in [1.807, 2.05) is 45.0 Å². The summed E-state index contributed by atoms with van der Waals surface area (Å²) in [7, 11) is -3.61. The van der Waals surface area contributed by atoms with Crippen LogP contribution in [0, 0.1) is 6.92 Å². The molecule has 0 radical (unpaired) electrons. The largest absolute Gasteiger partial charge is 0.486 e. The number of carbonyl (C=O) groups is 2. The highest BCUT2D eigenvalue weighted by Crippen LogP contribution is 2.34. The zero-order valence-corrected chi connectivity index (χ0v) is 22.8. The number of hydrogen-bond donors (Lipinski definition) is 1. The minimum absolute atomic E-state index is 0.0956. The van der Waals surface area contributed by atoms with Gasteiger partial charge in [-0.25, -0.2) is 8.42 Å². The highest BCUT2D eigenvalue weighted by Gasteiger charge is 2.29. The van der Waals surface area contributed by atoms with E-state index in [1.165, 1.54) is 4.31 Å². The summed E-state index contributed by atoms with van der Waals surface area (Å²) in [6.07, 6.45) is 1.99. The minimum atomic E-state index is -3.61. The van der Waals surface area contributed by atoms with Gasteiger partial charge in [-0.3, -0.25) is 13.9 Å². The first-order chi connectivity index (χ1) is 17.7. The van der Waals surface area contributed by atoms with E-state index in [0.717, 1.165) is 17.4 Å². The third-order valence-corrected chi connectivity index (χ3v) is 7.50. The van der Waals surface area contributed by atoms with Crippen molar-refractivity contribution in [1.29, 1.82) is 0 Å². The lowest BCUT2D eigenvalue weighted by atomic mass is 10.1. The van der Waals surface area contributed by atoms with Crippen LogP contribution in [0.1, 0.15) is 44.2 Å². The average molecular weight is 532 g/mol. The van der Waals surface area contributed by atoms with Crippen LogP contribution < -0.4 is 19.1 Å². The van der Waals surface area contributed by atoms with E-state index in [4.69, 9.17) is 9.47 Å². The molecule has 1 atom stereocenters. The number of aryl methyl sites for hydroxylation is 1. The number of benzene rings is 2. The SMILES string of the molecule is CCNC(=O)[C@H](CC)N(Cc1ccccc1C)C(=O)CCCN(c1ccc2c(c1)OCCO2)S(C)(=O)=O. The third-order valence-electron chi connectivity index (χ3n) is 6.30. The van der Waals surface area contributed by atoms with Crippen LogP contribution in [0.25, 0.3) is 0 Å². The molecule has 0 fully saturated rings. The molecule has 2 aromatic carbocycles. The van der Waals surface area contributed by atoms with Gasteiger partial charge in [0.1, 0.15) is 19.3 Å². The van der Waals surface area contributed by atoms with E-state index in [-0.39, 0.29) is 31.2 Å². The van der Waals surface area contributed by atoms with Crippen LogP contribution in [0.3, 0.4) is 0 Å². The van der Waals surface area contributed by atoms with Crippen LogP contribution in [-0.4, -0.2) is 63.7 Å². The fourth-order valence-corrected chi connectivity index (χ4v) is 5.33. The number of nitrogens with one attached hydrogen (secondary N) is 1. The number of likely N-dealkylation sites (N-methyl/N-ethyl adjacent to an activating group) is 1. The summed E-state index contributed by atoms with van der Waals surface area (Å²) < 4.78 is 37.6. The minimum Gasteiger partial charge on any atom is -0.486 e. The molecule has 0 aromatic heterocycles. The van der Waals surface area contributed by atoms with Crippen LogP contribution in [-0.2, 0) is 26.2 Å². The van der Waals surface area contributed by atoms with Gasteiger partial charge in [0.05, 0.1) is 11.9 Å². The van der Waals surface area contributed by atoms with Gasteiger partial charge >= 0.3 is 0 Å². The molecule has 0 spiro atoms. The monoisotopic (exact) mass is 531 g/mol. The number of sulfonamides is 1. The van der Waals surface area contributed by atoms with Gasteiger partial charge in [-0.1, -0.05) is 31.2 Å². The second-order valence-electron chi connectivity index (χ2n) is 9.03. The van der Waals surface area contributed by atoms with E-state index in [2.05, 4.69) is 5.32 Å². The second kappa shape index (κ2) is 12.8. The summed E-state index contributed by atoms with van der Waals surface area (Å²) >= 11 is 0. The lowest BCUT2D eigenvalue weighted by Crippen LogP contribution is -2.49. The summed E-state index contributed by atoms with van der Waals surface area (Å²) in [6, 6.07) is 12.2. The van der Waals surface area contributed by atoms with Gasteiger partial charge in [0, 0.05) is 32.1 Å². The first-order valence-electron chi connectivity index (χ1n) is 12.6. The number of hydrogen-bond acceptors (Lipinski definition) is 6. The molecule has 1 N–H and O–H groups in total. The fraction of sp³-hybridized carbons (Fsp3) is 0.481. The first-order valence-corrected chi connectivity index (χ1v) is 14.5. The maximum absolute atomic E-state index is 13.5. The molecule has 1 heterocycles. The summed E-state index contributed by atoms with van der Waals surface area (Å²) in [5, 5.41) is 2.83. The predicted octanol–water partition coefficient (Wildman–Crippen LogP) is 3.26. The topological polar surface area (TPSA) is 105 Å². The number of anilines is 1. The van der Waals surface area contributed by atoms with Crippen molar-refractivity contribution in [2.24, 2.45) is 0 Å². The highest BCUT2D eigenvalue weighted by atomic mass is 32.2. The van der Waals surface area contributed by atoms with E-state index in [9.17, 15) is 18.0 Å². The Morgan fingerprint density at radius 1 is 1.05 bits per heavy atom. The van der Waals surface area contributed by atoms with Gasteiger partial charge in [-0.05, 0) is 49.9 Å². The molecule has 37 heavy (non-hydrogen) atoms. The van der Waals surface area contributed by atoms with Gasteiger partial charge < -0.3 is 19.7 Å². The molecular formula is C27H37N3O6S. The number of rotatable bonds is 12. The van der Waals surface area contributed by atoms with E-state index in [1.54, 1.807) is 23.1 Å². The normalized spacial score (nSPS) is 13.5. The summed E-state index contributed by atoms with van der Waals surface area (Å²) in [4.78, 5) is 27.9. The van der Waals surface area contributed by atoms with Gasteiger partial charge in [0.25, 0.3) is 0 Å². The Balaban J connectivity index is 1.77. The van der Waals surface area contributed by atoms with Crippen molar-refractivity contribution in [3.05, 3.63) is 53.6 Å². The second-order valence-corrected chi connectivity index (χ2v) is 10.9. The van der Waals surface area contributed by atoms with Crippen LogP contribution in [0.2, 0.25) is 0 Å². The smallest absolute Gasteiger partial charge is 0.242 e. The van der Waals surface area contributed by atoms with Crippen molar-refractivity contribution in [2.45, 2.75) is 52.6 Å². The molecule has 0 unspecified atom stereocenters. The molecule has 3 rings (SSSR count). The van der Waals surface area contributed by atoms with Crippen LogP contribution in [0.4, 0.5) is 5.69 Å². The van der Waals surface area contributed by atoms with Crippen molar-refractivity contribution >= 4 is 27.5 Å². The van der Waals surface area contributed by atoms with Crippen LogP contribution in [0.15, 0.2) is 42.5 Å². The fourth-order valence-electron chi connectivity index (χ4n) is 4.37. The van der Waals surface area contributed by atoms with E-state index in [0.29, 0.717) is 49.9 Å². The Morgan fingerprint density at radius 2 is 1.76 bits per heavy atom. The molecule has 10 heteroatoms.